The van der Waals surface area contributed by atoms with E-state index < -0.39 is 11.7 Å². The van der Waals surface area contributed by atoms with Crippen LogP contribution in [0.5, 0.6) is 0 Å². The van der Waals surface area contributed by atoms with E-state index in [2.05, 4.69) is 108 Å². The number of halogens is 3. The molecule has 668 valence electrons. The van der Waals surface area contributed by atoms with Crippen molar-refractivity contribution < 1.29 is 45.6 Å². The van der Waals surface area contributed by atoms with Crippen LogP contribution in [0, 0.1) is 11.8 Å². The van der Waals surface area contributed by atoms with Crippen LogP contribution in [0.3, 0.4) is 0 Å². The molecule has 4 N–H and O–H groups in total. The Labute approximate surface area is 753 Å². The highest BCUT2D eigenvalue weighted by Gasteiger charge is 2.41. The van der Waals surface area contributed by atoms with E-state index in [1.54, 1.807) is 55.7 Å². The summed E-state index contributed by atoms with van der Waals surface area (Å²) in [6.45, 7) is 15.7. The maximum Gasteiger partial charge on any atom is 0.417 e. The highest BCUT2D eigenvalue weighted by Crippen LogP contribution is 2.37. The second-order valence-corrected chi connectivity index (χ2v) is 33.8. The SMILES string of the molecule is CCc1ccc(NC[C@@H]2CCCN2C(=O)c2c(-c3ccccc3)nc3occn23)nc1.CCc1ccc(NC[C@@H]2CCCN2C(=O)c2c(-c3ccccc3)nc3sccn23)nc1.CCc1cnc(NC[C@@H]2[C@H](C)CCCN2C(=O)c2c(-c3ccccc3)nc3occn23)nc1.C[C@@H]1CCCN(C(=O)c2c(-c3ccccc3)nc3occn23)[C@@H]1CNc1ccc(C(F)(F)F)cn1. The molecule has 0 saturated carbocycles. The summed E-state index contributed by atoms with van der Waals surface area (Å²) in [5, 5.41) is 15.3. The van der Waals surface area contributed by atoms with Crippen molar-refractivity contribution in [2.24, 2.45) is 11.8 Å². The minimum atomic E-state index is -4.44. The van der Waals surface area contributed by atoms with Crippen molar-refractivity contribution >= 4 is 80.9 Å². The first kappa shape index (κ1) is 87.8. The summed E-state index contributed by atoms with van der Waals surface area (Å²) in [6, 6.07) is 49.6. The Hall–Kier alpha value is -14.3. The topological polar surface area (TPSA) is 302 Å². The van der Waals surface area contributed by atoms with Crippen LogP contribution >= 0.6 is 11.3 Å². The molecule has 4 aliphatic heterocycles. The number of piperidine rings is 2. The molecule has 6 atom stereocenters. The summed E-state index contributed by atoms with van der Waals surface area (Å²) in [4.78, 5) is 104. The van der Waals surface area contributed by atoms with Gasteiger partial charge in [-0.05, 0) is 123 Å². The summed E-state index contributed by atoms with van der Waals surface area (Å²) in [5.74, 6) is 4.13. The molecule has 0 aliphatic carbocycles. The van der Waals surface area contributed by atoms with Crippen molar-refractivity contribution in [1.82, 2.24) is 82.1 Å². The van der Waals surface area contributed by atoms with Gasteiger partial charge in [-0.2, -0.15) is 28.1 Å². The number of likely N-dealkylation sites (tertiary alicyclic amines) is 4. The molecule has 4 fully saturated rings. The number of aromatic nitrogens is 13. The Balaban J connectivity index is 0.000000122. The van der Waals surface area contributed by atoms with Crippen molar-refractivity contribution in [3.8, 4) is 45.0 Å². The van der Waals surface area contributed by atoms with Gasteiger partial charge in [0.1, 0.15) is 81.8 Å². The molecule has 16 aromatic rings. The molecule has 0 bridgehead atoms. The molecule has 12 aromatic heterocycles. The second kappa shape index (κ2) is 39.9. The van der Waals surface area contributed by atoms with Gasteiger partial charge in [0.2, 0.25) is 5.95 Å². The lowest BCUT2D eigenvalue weighted by Gasteiger charge is -2.40. The first-order chi connectivity index (χ1) is 63.5. The van der Waals surface area contributed by atoms with Crippen LogP contribution in [0.15, 0.2) is 251 Å². The number of carbonyl (C=O) groups excluding carboxylic acids is 4. The van der Waals surface area contributed by atoms with E-state index in [1.807, 2.05) is 194 Å². The number of pyridine rings is 3. The molecule has 4 aliphatic rings. The number of nitrogens with zero attached hydrogens (tertiary/aromatic N) is 17. The summed E-state index contributed by atoms with van der Waals surface area (Å²) < 4.78 is 62.1. The van der Waals surface area contributed by atoms with E-state index in [4.69, 9.17) is 18.2 Å². The first-order valence-corrected chi connectivity index (χ1v) is 45.3. The average Bonchev–Trinajstić information content (AvgIpc) is 1.62. The third-order valence-corrected chi connectivity index (χ3v) is 25.5. The van der Waals surface area contributed by atoms with Gasteiger partial charge in [-0.3, -0.25) is 36.8 Å². The molecule has 0 unspecified atom stereocenters. The lowest BCUT2D eigenvalue weighted by molar-refractivity contribution is -0.137. The molecule has 0 spiro atoms. The van der Waals surface area contributed by atoms with E-state index in [0.717, 1.165) is 146 Å². The maximum absolute atomic E-state index is 14.0. The quantitative estimate of drug-likeness (QED) is 0.0462. The number of aryl methyl sites for hydroxylation is 3. The predicted molar refractivity (Wildman–Crippen MR) is 494 cm³/mol. The molecule has 16 heterocycles. The van der Waals surface area contributed by atoms with Gasteiger partial charge in [0.25, 0.3) is 23.6 Å². The van der Waals surface area contributed by atoms with Crippen molar-refractivity contribution in [3.05, 3.63) is 283 Å². The molecule has 4 amide bonds. The largest absolute Gasteiger partial charge is 0.432 e. The van der Waals surface area contributed by atoms with Crippen molar-refractivity contribution in [2.45, 2.75) is 136 Å². The lowest BCUT2D eigenvalue weighted by atomic mass is 9.90. The molecular weight excluding hydrogens is 1670 g/mol. The minimum Gasteiger partial charge on any atom is -0.432 e. The Morgan fingerprint density at radius 3 is 1.13 bits per heavy atom. The molecule has 0 radical (unpaired) electrons. The zero-order valence-electron chi connectivity index (χ0n) is 72.9. The number of oxazole rings is 3. The van der Waals surface area contributed by atoms with Crippen LogP contribution in [0.4, 0.5) is 36.6 Å². The lowest BCUT2D eigenvalue weighted by Crippen LogP contribution is -2.51. The number of anilines is 4. The number of rotatable bonds is 23. The minimum absolute atomic E-state index is 0.0155. The van der Waals surface area contributed by atoms with Gasteiger partial charge in [0.05, 0.1) is 17.6 Å². The number of hydrogen-bond donors (Lipinski definition) is 4. The van der Waals surface area contributed by atoms with Crippen molar-refractivity contribution in [1.29, 1.82) is 0 Å². The highest BCUT2D eigenvalue weighted by atomic mass is 32.1. The Bertz CT molecular complexity index is 6290. The van der Waals surface area contributed by atoms with Gasteiger partial charge < -0.3 is 54.1 Å². The van der Waals surface area contributed by atoms with E-state index in [9.17, 15) is 32.3 Å². The summed E-state index contributed by atoms with van der Waals surface area (Å²) in [7, 11) is 0. The van der Waals surface area contributed by atoms with Gasteiger partial charge in [-0.25, -0.2) is 29.9 Å². The van der Waals surface area contributed by atoms with Crippen LogP contribution in [-0.4, -0.2) is 182 Å². The molecule has 32 heteroatoms. The van der Waals surface area contributed by atoms with Crippen molar-refractivity contribution in [2.75, 3.05) is 73.6 Å². The van der Waals surface area contributed by atoms with Gasteiger partial charge in [0, 0.05) is 148 Å². The number of benzene rings is 4. The molecule has 4 saturated heterocycles. The van der Waals surface area contributed by atoms with Crippen LogP contribution in [0.1, 0.15) is 150 Å². The summed E-state index contributed by atoms with van der Waals surface area (Å²) in [5.41, 5.74) is 11.1. The Morgan fingerprint density at radius 1 is 0.392 bits per heavy atom. The average molecular weight is 1780 g/mol. The fraction of sp³-hybridized carbons (Fsp3) is 0.316. The number of hydrogen-bond acceptors (Lipinski definition) is 21. The zero-order valence-corrected chi connectivity index (χ0v) is 73.7. The van der Waals surface area contributed by atoms with Crippen molar-refractivity contribution in [3.63, 3.8) is 0 Å². The maximum atomic E-state index is 14.0. The molecule has 28 nitrogen and oxygen atoms in total. The summed E-state index contributed by atoms with van der Waals surface area (Å²) >= 11 is 1.55. The third kappa shape index (κ3) is 19.3. The monoisotopic (exact) mass is 1770 g/mol. The Morgan fingerprint density at radius 2 is 0.746 bits per heavy atom. The molecular formula is C98H102F3N21O7S. The fourth-order valence-corrected chi connectivity index (χ4v) is 18.3. The van der Waals surface area contributed by atoms with Gasteiger partial charge in [0.15, 0.2) is 4.96 Å². The Kier molecular flexibility index (Phi) is 27.0. The van der Waals surface area contributed by atoms with Crippen LogP contribution in [0.25, 0.3) is 67.5 Å². The van der Waals surface area contributed by atoms with Gasteiger partial charge in [-0.15, -0.1) is 11.3 Å². The van der Waals surface area contributed by atoms with E-state index >= 15 is 0 Å². The zero-order chi connectivity index (χ0) is 89.8. The molecule has 130 heavy (non-hydrogen) atoms. The first-order valence-electron chi connectivity index (χ1n) is 44.4. The van der Waals surface area contributed by atoms with Gasteiger partial charge in [-0.1, -0.05) is 168 Å². The normalized spacial score (nSPS) is 17.4. The standard InChI is InChI=1S/C25H24F3N5O2.C25H28N6O2.C24H25N5O2.C24H25N5OS/c1-16-6-5-11-32(19(16)15-30-20-10-9-18(14-29-20)25(26,27)28)23(34)22-21(17-7-3-2-4-8-17)31-24-33(22)12-13-35-24;1-3-18-14-26-24(27-15-18)28-16-20-17(2)8-7-11-30(20)23(32)22-21(19-9-5-4-6-10-19)29-25-31(22)12-13-33-25;2*1-2-17-10-11-20(25-15-17)26-16-19-9-6-12-28(19)23(30)22-21(18-7-4-3-5-8-18)27-24-29(22)13-14-31-24/h2-4,7-10,12-14,16,19H,5-6,11,15H2,1H3,(H,29,30);4-6,9-10,12-15,17,20H,3,7-8,11,16H2,1-2H3,(H,26,27,28);2*3-5,7-8,10-11,13-15,19H,2,6,9,12,16H2,1H3,(H,25,26)/t16-,19-;17-,20-;2*19-/m1100/s1. The second-order valence-electron chi connectivity index (χ2n) is 32.9. The smallest absolute Gasteiger partial charge is 0.417 e. The molecule has 4 aromatic carbocycles. The number of thiazole rings is 1. The molecule has 20 rings (SSSR count). The van der Waals surface area contributed by atoms with E-state index in [0.29, 0.717) is 114 Å². The number of fused-ring (bicyclic) bond motifs is 4. The number of imidazole rings is 4. The number of carbonyl (C=O) groups is 4. The number of amides is 4. The van der Waals surface area contributed by atoms with Crippen LogP contribution < -0.4 is 21.3 Å². The fourth-order valence-electron chi connectivity index (χ4n) is 17.6. The van der Waals surface area contributed by atoms with Gasteiger partial charge >= 0.3 is 23.7 Å². The van der Waals surface area contributed by atoms with E-state index in [-0.39, 0.29) is 53.7 Å². The van der Waals surface area contributed by atoms with Crippen LogP contribution in [-0.2, 0) is 25.4 Å². The van der Waals surface area contributed by atoms with E-state index in [1.165, 1.54) is 23.5 Å². The number of nitrogens with one attached hydrogen (secondary N) is 4. The van der Waals surface area contributed by atoms with Crippen LogP contribution in [0.2, 0.25) is 0 Å². The number of alkyl halides is 3. The predicted octanol–water partition coefficient (Wildman–Crippen LogP) is 18.7. The highest BCUT2D eigenvalue weighted by molar-refractivity contribution is 7.15. The summed E-state index contributed by atoms with van der Waals surface area (Å²) in [6.07, 6.45) is 26.2. The third-order valence-electron chi connectivity index (χ3n) is 24.7.